The molecule has 1 aliphatic heterocycles. The van der Waals surface area contributed by atoms with E-state index in [1.165, 1.54) is 30.8 Å². The molecule has 1 aromatic heterocycles. The molecule has 0 N–H and O–H groups in total. The second-order valence-electron chi connectivity index (χ2n) is 5.90. The first kappa shape index (κ1) is 16.4. The number of hydrogen-bond acceptors (Lipinski definition) is 6. The Morgan fingerprint density at radius 2 is 1.92 bits per heavy atom. The molecule has 3 rings (SSSR count). The van der Waals surface area contributed by atoms with Gasteiger partial charge < -0.3 is 4.90 Å². The van der Waals surface area contributed by atoms with Crippen LogP contribution in [0.15, 0.2) is 27.8 Å². The van der Waals surface area contributed by atoms with Crippen LogP contribution >= 0.6 is 0 Å². The maximum Gasteiger partial charge on any atom is 0.332 e. The summed E-state index contributed by atoms with van der Waals surface area (Å²) < 4.78 is 2.16. The molecule has 2 aromatic rings. The number of rotatable bonds is 2. The summed E-state index contributed by atoms with van der Waals surface area (Å²) >= 11 is 0. The number of aromatic nitrogens is 2. The quantitative estimate of drug-likeness (QED) is 0.578. The number of nitriles is 1. The van der Waals surface area contributed by atoms with E-state index in [2.05, 4.69) is 0 Å². The Balaban J connectivity index is 2.13. The molecule has 0 saturated carbocycles. The zero-order chi connectivity index (χ0) is 18.3. The van der Waals surface area contributed by atoms with Gasteiger partial charge in [0.2, 0.25) is 0 Å². The van der Waals surface area contributed by atoms with E-state index >= 15 is 0 Å². The number of hydrogen-bond donors (Lipinski definition) is 0. The van der Waals surface area contributed by atoms with Crippen molar-refractivity contribution >= 4 is 11.5 Å². The Morgan fingerprint density at radius 3 is 2.56 bits per heavy atom. The van der Waals surface area contributed by atoms with Crippen molar-refractivity contribution < 1.29 is 4.92 Å². The van der Waals surface area contributed by atoms with Gasteiger partial charge in [-0.15, -0.1) is 0 Å². The molecule has 0 amide bonds. The molecule has 0 saturated heterocycles. The third kappa shape index (κ3) is 2.57. The van der Waals surface area contributed by atoms with E-state index in [0.717, 1.165) is 15.7 Å². The van der Waals surface area contributed by atoms with Gasteiger partial charge in [-0.1, -0.05) is 6.07 Å². The van der Waals surface area contributed by atoms with Crippen LogP contribution in [0.1, 0.15) is 16.7 Å². The molecule has 9 heteroatoms. The minimum atomic E-state index is -0.648. The largest absolute Gasteiger partial charge is 0.352 e. The lowest BCUT2D eigenvalue weighted by atomic mass is 9.99. The molecule has 0 spiro atoms. The first-order valence-electron chi connectivity index (χ1n) is 7.56. The second kappa shape index (κ2) is 5.90. The van der Waals surface area contributed by atoms with Crippen LogP contribution in [0, 0.1) is 21.4 Å². The Kier molecular flexibility index (Phi) is 3.88. The fraction of sp³-hybridized carbons (Fsp3) is 0.312. The van der Waals surface area contributed by atoms with E-state index in [-0.39, 0.29) is 23.6 Å². The molecule has 0 unspecified atom stereocenters. The number of non-ortho nitro benzene ring substituents is 1. The van der Waals surface area contributed by atoms with Gasteiger partial charge in [-0.05, 0) is 17.5 Å². The van der Waals surface area contributed by atoms with Crippen molar-refractivity contribution in [3.05, 3.63) is 65.8 Å². The smallest absolute Gasteiger partial charge is 0.332 e. The summed E-state index contributed by atoms with van der Waals surface area (Å²) in [5.74, 6) is 0.243. The molecule has 0 atom stereocenters. The number of fused-ring (bicyclic) bond motifs is 1. The molecule has 0 aliphatic carbocycles. The van der Waals surface area contributed by atoms with Crippen molar-refractivity contribution in [2.45, 2.75) is 13.0 Å². The van der Waals surface area contributed by atoms with Crippen molar-refractivity contribution in [1.82, 2.24) is 9.13 Å². The van der Waals surface area contributed by atoms with Crippen LogP contribution in [0.4, 0.5) is 11.5 Å². The van der Waals surface area contributed by atoms with Crippen LogP contribution in [0.2, 0.25) is 0 Å². The number of nitro benzene ring substituents is 1. The molecule has 0 fully saturated rings. The van der Waals surface area contributed by atoms with Crippen molar-refractivity contribution in [2.24, 2.45) is 14.1 Å². The van der Waals surface area contributed by atoms with Crippen molar-refractivity contribution in [2.75, 3.05) is 11.4 Å². The lowest BCUT2D eigenvalue weighted by Crippen LogP contribution is -2.43. The standard InChI is InChI=1S/C16H15N5O4/c1-18-14(13(8-17)15(22)19(2)16(18)23)20-6-5-10-3-4-12(21(24)25)7-11(10)9-20/h3-4,7H,5-6,9H2,1-2H3. The number of nitro groups is 1. The van der Waals surface area contributed by atoms with Gasteiger partial charge >= 0.3 is 5.69 Å². The normalized spacial score (nSPS) is 13.2. The summed E-state index contributed by atoms with van der Waals surface area (Å²) in [5, 5.41) is 20.4. The third-order valence-corrected chi connectivity index (χ3v) is 4.46. The van der Waals surface area contributed by atoms with Crippen LogP contribution in [-0.4, -0.2) is 20.6 Å². The molecular formula is C16H15N5O4. The van der Waals surface area contributed by atoms with Gasteiger partial charge in [-0.3, -0.25) is 24.0 Å². The molecule has 1 aromatic carbocycles. The van der Waals surface area contributed by atoms with E-state index < -0.39 is 16.2 Å². The van der Waals surface area contributed by atoms with E-state index in [0.29, 0.717) is 13.0 Å². The highest BCUT2D eigenvalue weighted by atomic mass is 16.6. The summed E-state index contributed by atoms with van der Waals surface area (Å²) in [5.41, 5.74) is 0.429. The molecule has 25 heavy (non-hydrogen) atoms. The average molecular weight is 341 g/mol. The van der Waals surface area contributed by atoms with Crippen LogP contribution in [0.3, 0.4) is 0 Å². The van der Waals surface area contributed by atoms with E-state index in [1.807, 2.05) is 6.07 Å². The zero-order valence-corrected chi connectivity index (χ0v) is 13.7. The van der Waals surface area contributed by atoms with Crippen molar-refractivity contribution in [1.29, 1.82) is 5.26 Å². The predicted octanol–water partition coefficient (Wildman–Crippen LogP) is 0.427. The highest BCUT2D eigenvalue weighted by molar-refractivity contribution is 5.56. The van der Waals surface area contributed by atoms with Crippen LogP contribution < -0.4 is 16.1 Å². The van der Waals surface area contributed by atoms with Crippen LogP contribution in [-0.2, 0) is 27.1 Å². The summed E-state index contributed by atoms with van der Waals surface area (Å²) in [6, 6.07) is 6.56. The van der Waals surface area contributed by atoms with Gasteiger partial charge in [-0.25, -0.2) is 4.79 Å². The second-order valence-corrected chi connectivity index (χ2v) is 5.90. The average Bonchev–Trinajstić information content (AvgIpc) is 2.61. The highest BCUT2D eigenvalue weighted by Crippen LogP contribution is 2.27. The van der Waals surface area contributed by atoms with Gasteiger partial charge in [0, 0.05) is 39.3 Å². The van der Waals surface area contributed by atoms with Crippen molar-refractivity contribution in [3.63, 3.8) is 0 Å². The summed E-state index contributed by atoms with van der Waals surface area (Å²) in [6.07, 6.45) is 0.599. The summed E-state index contributed by atoms with van der Waals surface area (Å²) in [7, 11) is 2.82. The number of benzene rings is 1. The lowest BCUT2D eigenvalue weighted by Gasteiger charge is -2.32. The first-order chi connectivity index (χ1) is 11.8. The molecule has 9 nitrogen and oxygen atoms in total. The summed E-state index contributed by atoms with van der Waals surface area (Å²) in [4.78, 5) is 36.7. The fourth-order valence-corrected chi connectivity index (χ4v) is 3.14. The molecule has 2 heterocycles. The van der Waals surface area contributed by atoms with Gasteiger partial charge in [0.1, 0.15) is 11.9 Å². The Labute approximate surface area is 142 Å². The monoisotopic (exact) mass is 341 g/mol. The van der Waals surface area contributed by atoms with Crippen LogP contribution in [0.5, 0.6) is 0 Å². The van der Waals surface area contributed by atoms with Crippen LogP contribution in [0.25, 0.3) is 0 Å². The maximum absolute atomic E-state index is 12.2. The topological polar surface area (TPSA) is 114 Å². The van der Waals surface area contributed by atoms with Gasteiger partial charge in [0.25, 0.3) is 11.2 Å². The minimum absolute atomic E-state index is 0.0148. The molecule has 128 valence electrons. The highest BCUT2D eigenvalue weighted by Gasteiger charge is 2.25. The zero-order valence-electron chi connectivity index (χ0n) is 13.7. The first-order valence-corrected chi connectivity index (χ1v) is 7.56. The Morgan fingerprint density at radius 1 is 1.20 bits per heavy atom. The van der Waals surface area contributed by atoms with Crippen molar-refractivity contribution in [3.8, 4) is 6.07 Å². The molecular weight excluding hydrogens is 326 g/mol. The Bertz CT molecular complexity index is 1040. The minimum Gasteiger partial charge on any atom is -0.352 e. The van der Waals surface area contributed by atoms with E-state index in [9.17, 15) is 25.0 Å². The van der Waals surface area contributed by atoms with Gasteiger partial charge in [0.15, 0.2) is 5.56 Å². The van der Waals surface area contributed by atoms with E-state index in [4.69, 9.17) is 0 Å². The number of anilines is 1. The predicted molar refractivity (Wildman–Crippen MR) is 89.5 cm³/mol. The SMILES string of the molecule is Cn1c(N2CCc3ccc([N+](=O)[O-])cc3C2)c(C#N)c(=O)n(C)c1=O. The molecule has 0 bridgehead atoms. The number of nitrogens with zero attached hydrogens (tertiary/aromatic N) is 5. The lowest BCUT2D eigenvalue weighted by molar-refractivity contribution is -0.384. The van der Waals surface area contributed by atoms with E-state index in [1.54, 1.807) is 11.0 Å². The maximum atomic E-state index is 12.2. The fourth-order valence-electron chi connectivity index (χ4n) is 3.14. The third-order valence-electron chi connectivity index (χ3n) is 4.46. The summed E-state index contributed by atoms with van der Waals surface area (Å²) in [6.45, 7) is 0.784. The molecule has 0 radical (unpaired) electrons. The Hall–Kier alpha value is -3.41. The molecule has 1 aliphatic rings. The van der Waals surface area contributed by atoms with Gasteiger partial charge in [-0.2, -0.15) is 5.26 Å². The van der Waals surface area contributed by atoms with Gasteiger partial charge in [0.05, 0.1) is 4.92 Å².